The molecule has 1 rings (SSSR count). The van der Waals surface area contributed by atoms with Crippen LogP contribution in [0.2, 0.25) is 0 Å². The average molecular weight is 271 g/mol. The van der Waals surface area contributed by atoms with Crippen LogP contribution < -0.4 is 4.72 Å². The third-order valence-electron chi connectivity index (χ3n) is 1.86. The first-order chi connectivity index (χ1) is 7.60. The molecule has 0 amide bonds. The molecule has 5 nitrogen and oxygen atoms in total. The lowest BCUT2D eigenvalue weighted by atomic mass is 10.2. The van der Waals surface area contributed by atoms with E-state index in [1.165, 1.54) is 6.92 Å². The average Bonchev–Trinajstić information content (AvgIpc) is 2.46. The molecule has 1 aromatic rings. The molecular formula is C8H12F3N3O2S. The molecule has 0 saturated heterocycles. The highest BCUT2D eigenvalue weighted by Gasteiger charge is 2.32. The minimum Gasteiger partial charge on any atom is -0.332 e. The first-order valence-corrected chi connectivity index (χ1v) is 6.19. The molecule has 0 fully saturated rings. The van der Waals surface area contributed by atoms with Crippen molar-refractivity contribution in [1.29, 1.82) is 0 Å². The van der Waals surface area contributed by atoms with Gasteiger partial charge in [-0.25, -0.2) is 18.1 Å². The number of aromatic amines is 1. The van der Waals surface area contributed by atoms with E-state index in [0.717, 1.165) is 13.1 Å². The van der Waals surface area contributed by atoms with Crippen molar-refractivity contribution in [3.8, 4) is 0 Å². The maximum absolute atomic E-state index is 12.0. The van der Waals surface area contributed by atoms with Crippen LogP contribution in [0.5, 0.6) is 0 Å². The first kappa shape index (κ1) is 14.0. The second kappa shape index (κ2) is 4.65. The van der Waals surface area contributed by atoms with E-state index in [2.05, 4.69) is 9.97 Å². The van der Waals surface area contributed by atoms with Gasteiger partial charge in [0.2, 0.25) is 0 Å². The van der Waals surface area contributed by atoms with E-state index in [9.17, 15) is 21.6 Å². The number of imidazole rings is 1. The molecule has 0 bridgehead atoms. The van der Waals surface area contributed by atoms with Crippen LogP contribution in [-0.4, -0.2) is 30.6 Å². The number of hydrogen-bond donors (Lipinski definition) is 2. The summed E-state index contributed by atoms with van der Waals surface area (Å²) in [4.78, 5) is 6.11. The van der Waals surface area contributed by atoms with Crippen LogP contribution >= 0.6 is 0 Å². The molecule has 0 aliphatic rings. The lowest BCUT2D eigenvalue weighted by Crippen LogP contribution is -2.36. The van der Waals surface area contributed by atoms with Crippen molar-refractivity contribution < 1.29 is 21.6 Å². The summed E-state index contributed by atoms with van der Waals surface area (Å²) >= 11 is 0. The van der Waals surface area contributed by atoms with Gasteiger partial charge >= 0.3 is 6.18 Å². The van der Waals surface area contributed by atoms with E-state index in [1.807, 2.05) is 4.72 Å². The standard InChI is InChI=1S/C8H12F3N3O2S/c1-5(3-8(9,10)11)14-17(15,16)7-4-12-6(2)13-7/h4-5,14H,3H2,1-2H3,(H,12,13). The number of sulfonamides is 1. The highest BCUT2D eigenvalue weighted by Crippen LogP contribution is 2.22. The van der Waals surface area contributed by atoms with Gasteiger partial charge < -0.3 is 4.98 Å². The number of alkyl halides is 3. The summed E-state index contributed by atoms with van der Waals surface area (Å²) in [5.74, 6) is 0.369. The SMILES string of the molecule is Cc1ncc(S(=O)(=O)NC(C)CC(F)(F)F)[nH]1. The Morgan fingerprint density at radius 1 is 1.53 bits per heavy atom. The Balaban J connectivity index is 2.74. The summed E-state index contributed by atoms with van der Waals surface area (Å²) in [6.07, 6.45) is -4.58. The van der Waals surface area contributed by atoms with E-state index in [0.29, 0.717) is 5.82 Å². The smallest absolute Gasteiger partial charge is 0.332 e. The van der Waals surface area contributed by atoms with E-state index in [4.69, 9.17) is 0 Å². The fourth-order valence-corrected chi connectivity index (χ4v) is 2.47. The normalized spacial score (nSPS) is 14.9. The number of H-pyrrole nitrogens is 1. The summed E-state index contributed by atoms with van der Waals surface area (Å²) < 4.78 is 61.2. The fraction of sp³-hybridized carbons (Fsp3) is 0.625. The van der Waals surface area contributed by atoms with Crippen LogP contribution in [0.4, 0.5) is 13.2 Å². The molecule has 1 heterocycles. The van der Waals surface area contributed by atoms with Crippen molar-refractivity contribution in [3.05, 3.63) is 12.0 Å². The molecule has 1 aromatic heterocycles. The molecule has 2 N–H and O–H groups in total. The van der Waals surface area contributed by atoms with Gasteiger partial charge in [0.25, 0.3) is 10.0 Å². The first-order valence-electron chi connectivity index (χ1n) is 4.71. The highest BCUT2D eigenvalue weighted by atomic mass is 32.2. The molecule has 0 aliphatic carbocycles. The Labute approximate surface area is 96.5 Å². The molecule has 1 unspecified atom stereocenters. The van der Waals surface area contributed by atoms with Gasteiger partial charge in [-0.1, -0.05) is 0 Å². The van der Waals surface area contributed by atoms with Crippen LogP contribution in [0.1, 0.15) is 19.2 Å². The van der Waals surface area contributed by atoms with Crippen molar-refractivity contribution in [3.63, 3.8) is 0 Å². The number of halogens is 3. The quantitative estimate of drug-likeness (QED) is 0.867. The van der Waals surface area contributed by atoms with E-state index < -0.39 is 28.7 Å². The molecule has 0 aromatic carbocycles. The largest absolute Gasteiger partial charge is 0.390 e. The molecule has 17 heavy (non-hydrogen) atoms. The predicted octanol–water partition coefficient (Wildman–Crippen LogP) is 1.34. The van der Waals surface area contributed by atoms with Gasteiger partial charge in [-0.05, 0) is 13.8 Å². The Bertz CT molecular complexity index is 480. The van der Waals surface area contributed by atoms with Gasteiger partial charge in [-0.3, -0.25) is 0 Å². The zero-order valence-corrected chi connectivity index (χ0v) is 9.98. The van der Waals surface area contributed by atoms with E-state index in [-0.39, 0.29) is 5.03 Å². The summed E-state index contributed by atoms with van der Waals surface area (Å²) in [6, 6.07) is -1.23. The second-order valence-electron chi connectivity index (χ2n) is 3.67. The number of rotatable bonds is 4. The van der Waals surface area contributed by atoms with Crippen LogP contribution in [0.3, 0.4) is 0 Å². The third-order valence-corrected chi connectivity index (χ3v) is 3.36. The number of hydrogen-bond acceptors (Lipinski definition) is 3. The van der Waals surface area contributed by atoms with Gasteiger partial charge in [0.05, 0.1) is 12.6 Å². The van der Waals surface area contributed by atoms with Crippen LogP contribution in [0, 0.1) is 6.92 Å². The van der Waals surface area contributed by atoms with Crippen molar-refractivity contribution in [1.82, 2.24) is 14.7 Å². The topological polar surface area (TPSA) is 74.8 Å². The van der Waals surface area contributed by atoms with Gasteiger partial charge in [-0.15, -0.1) is 0 Å². The zero-order chi connectivity index (χ0) is 13.3. The zero-order valence-electron chi connectivity index (χ0n) is 9.17. The molecule has 98 valence electrons. The van der Waals surface area contributed by atoms with E-state index in [1.54, 1.807) is 0 Å². The van der Waals surface area contributed by atoms with Crippen LogP contribution in [0.25, 0.3) is 0 Å². The summed E-state index contributed by atoms with van der Waals surface area (Å²) in [5.41, 5.74) is 0. The Hall–Kier alpha value is -1.09. The van der Waals surface area contributed by atoms with Crippen molar-refractivity contribution in [2.75, 3.05) is 0 Å². The number of nitrogens with one attached hydrogen (secondary N) is 2. The highest BCUT2D eigenvalue weighted by molar-refractivity contribution is 7.89. The molecule has 0 aliphatic heterocycles. The Morgan fingerprint density at radius 3 is 2.53 bits per heavy atom. The maximum Gasteiger partial charge on any atom is 0.390 e. The summed E-state index contributed by atoms with van der Waals surface area (Å²) in [6.45, 7) is 2.69. The molecule has 0 saturated carbocycles. The minimum atomic E-state index is -4.41. The number of aryl methyl sites for hydroxylation is 1. The fourth-order valence-electron chi connectivity index (χ4n) is 1.25. The predicted molar refractivity (Wildman–Crippen MR) is 53.8 cm³/mol. The van der Waals surface area contributed by atoms with E-state index >= 15 is 0 Å². The molecule has 1 atom stereocenters. The lowest BCUT2D eigenvalue weighted by Gasteiger charge is -2.15. The van der Waals surface area contributed by atoms with Crippen LogP contribution in [-0.2, 0) is 10.0 Å². The molecule has 0 radical (unpaired) electrons. The summed E-state index contributed by atoms with van der Waals surface area (Å²) in [7, 11) is -3.98. The molecule has 0 spiro atoms. The van der Waals surface area contributed by atoms with Gasteiger partial charge in [-0.2, -0.15) is 13.2 Å². The third kappa shape index (κ3) is 4.35. The maximum atomic E-state index is 12.0. The van der Waals surface area contributed by atoms with Gasteiger partial charge in [0, 0.05) is 6.04 Å². The number of aromatic nitrogens is 2. The van der Waals surface area contributed by atoms with Crippen molar-refractivity contribution in [2.24, 2.45) is 0 Å². The van der Waals surface area contributed by atoms with Gasteiger partial charge in [0.1, 0.15) is 5.82 Å². The van der Waals surface area contributed by atoms with Crippen molar-refractivity contribution in [2.45, 2.75) is 37.5 Å². The Morgan fingerprint density at radius 2 is 2.12 bits per heavy atom. The lowest BCUT2D eigenvalue weighted by molar-refractivity contribution is -0.137. The molecule has 9 heteroatoms. The van der Waals surface area contributed by atoms with Gasteiger partial charge in [0.15, 0.2) is 5.03 Å². The Kier molecular flexibility index (Phi) is 3.82. The monoisotopic (exact) mass is 271 g/mol. The number of nitrogens with zero attached hydrogens (tertiary/aromatic N) is 1. The molecular weight excluding hydrogens is 259 g/mol. The van der Waals surface area contributed by atoms with Crippen LogP contribution in [0.15, 0.2) is 11.2 Å². The second-order valence-corrected chi connectivity index (χ2v) is 5.36. The van der Waals surface area contributed by atoms with Crippen molar-refractivity contribution >= 4 is 10.0 Å². The minimum absolute atomic E-state index is 0.246. The summed E-state index contributed by atoms with van der Waals surface area (Å²) in [5, 5.41) is -0.246.